The Kier molecular flexibility index (Phi) is 8.28. The fourth-order valence-corrected chi connectivity index (χ4v) is 4.38. The van der Waals surface area contributed by atoms with Crippen molar-refractivity contribution in [3.63, 3.8) is 0 Å². The Morgan fingerprint density at radius 1 is 1.22 bits per heavy atom. The summed E-state index contributed by atoms with van der Waals surface area (Å²) in [7, 11) is 0. The second-order valence-corrected chi connectivity index (χ2v) is 8.05. The van der Waals surface area contributed by atoms with Crippen LogP contribution in [0.4, 0.5) is 5.69 Å². The molecular formula is C17H23ClN4O3S2. The number of carbonyl (C=O) groups is 1. The highest BCUT2D eigenvalue weighted by Crippen LogP contribution is 2.20. The third kappa shape index (κ3) is 5.78. The summed E-state index contributed by atoms with van der Waals surface area (Å²) in [4.78, 5) is 26.8. The van der Waals surface area contributed by atoms with Gasteiger partial charge in [-0.05, 0) is 24.9 Å². The Balaban J connectivity index is 0.00000261. The predicted octanol–water partition coefficient (Wildman–Crippen LogP) is 2.43. The lowest BCUT2D eigenvalue weighted by Crippen LogP contribution is -2.53. The molecule has 2 fully saturated rings. The molecule has 0 bridgehead atoms. The van der Waals surface area contributed by atoms with Gasteiger partial charge in [-0.1, -0.05) is 36.1 Å². The number of thiocarbonyl (C=S) groups is 1. The number of benzene rings is 1. The van der Waals surface area contributed by atoms with Gasteiger partial charge >= 0.3 is 0 Å². The molecule has 1 N–H and O–H groups in total. The number of nitro groups is 1. The zero-order valence-corrected chi connectivity index (χ0v) is 17.3. The van der Waals surface area contributed by atoms with E-state index in [4.69, 9.17) is 12.2 Å². The highest BCUT2D eigenvalue weighted by Gasteiger charge is 2.29. The Labute approximate surface area is 174 Å². The van der Waals surface area contributed by atoms with E-state index in [1.165, 1.54) is 12.1 Å². The number of non-ortho nitro benzene ring substituents is 1. The molecule has 7 nitrogen and oxygen atoms in total. The second-order valence-electron chi connectivity index (χ2n) is 6.44. The van der Waals surface area contributed by atoms with Gasteiger partial charge in [-0.25, -0.2) is 0 Å². The number of nitro benzene ring substituents is 1. The number of rotatable bonds is 4. The lowest BCUT2D eigenvalue weighted by molar-refractivity contribution is -0.384. The Morgan fingerprint density at radius 2 is 1.85 bits per heavy atom. The van der Waals surface area contributed by atoms with Crippen molar-refractivity contribution in [2.45, 2.75) is 24.6 Å². The minimum atomic E-state index is -0.399. The van der Waals surface area contributed by atoms with Crippen LogP contribution in [-0.4, -0.2) is 63.7 Å². The molecule has 1 aromatic rings. The summed E-state index contributed by atoms with van der Waals surface area (Å²) >= 11 is 7.07. The van der Waals surface area contributed by atoms with Crippen molar-refractivity contribution in [1.29, 1.82) is 0 Å². The molecule has 0 aromatic heterocycles. The SMILES string of the molecule is Cl.O=C([C@@H]1CCCN1)N1CCN(C(=S)SCc2ccc([N+](=O)[O-])cc2)CC1. The van der Waals surface area contributed by atoms with Crippen LogP contribution in [-0.2, 0) is 10.5 Å². The summed E-state index contributed by atoms with van der Waals surface area (Å²) in [5, 5.41) is 13.9. The van der Waals surface area contributed by atoms with Crippen molar-refractivity contribution in [3.05, 3.63) is 39.9 Å². The quantitative estimate of drug-likeness (QED) is 0.446. The topological polar surface area (TPSA) is 78.7 Å². The number of hydrogen-bond acceptors (Lipinski definition) is 6. The molecule has 2 aliphatic heterocycles. The smallest absolute Gasteiger partial charge is 0.269 e. The number of halogens is 1. The molecule has 1 atom stereocenters. The first-order valence-electron chi connectivity index (χ1n) is 8.72. The summed E-state index contributed by atoms with van der Waals surface area (Å²) in [5.41, 5.74) is 1.10. The number of piperazine rings is 1. The molecule has 2 heterocycles. The summed E-state index contributed by atoms with van der Waals surface area (Å²) in [6.45, 7) is 3.85. The molecule has 0 saturated carbocycles. The zero-order chi connectivity index (χ0) is 18.5. The second kappa shape index (κ2) is 10.2. The molecule has 10 heteroatoms. The minimum Gasteiger partial charge on any atom is -0.354 e. The molecule has 0 radical (unpaired) electrons. The standard InChI is InChI=1S/C17H22N4O3S2.ClH/c22-16(15-2-1-7-18-15)19-8-10-20(11-9-19)17(25)26-12-13-3-5-14(6-4-13)21(23)24;/h3-6,15,18H,1-2,7-12H2;1H/t15-;/m0./s1. The van der Waals surface area contributed by atoms with Gasteiger partial charge in [0.15, 0.2) is 0 Å². The molecule has 1 amide bonds. The lowest BCUT2D eigenvalue weighted by Gasteiger charge is -2.37. The molecule has 0 unspecified atom stereocenters. The van der Waals surface area contributed by atoms with E-state index in [9.17, 15) is 14.9 Å². The third-order valence-corrected chi connectivity index (χ3v) is 6.31. The summed E-state index contributed by atoms with van der Waals surface area (Å²) in [6, 6.07) is 6.54. The number of nitrogens with zero attached hydrogens (tertiary/aromatic N) is 3. The monoisotopic (exact) mass is 430 g/mol. The molecule has 3 rings (SSSR count). The van der Waals surface area contributed by atoms with Crippen molar-refractivity contribution in [2.75, 3.05) is 32.7 Å². The van der Waals surface area contributed by atoms with Gasteiger partial charge in [0.1, 0.15) is 4.32 Å². The van der Waals surface area contributed by atoms with Crippen LogP contribution in [0.1, 0.15) is 18.4 Å². The maximum atomic E-state index is 12.4. The molecule has 2 aliphatic rings. The first kappa shape index (κ1) is 21.9. The van der Waals surface area contributed by atoms with Gasteiger partial charge < -0.3 is 15.1 Å². The van der Waals surface area contributed by atoms with Gasteiger partial charge in [0.05, 0.1) is 11.0 Å². The molecule has 2 saturated heterocycles. The van der Waals surface area contributed by atoms with Crippen LogP contribution in [0.25, 0.3) is 0 Å². The van der Waals surface area contributed by atoms with E-state index in [-0.39, 0.29) is 30.0 Å². The summed E-state index contributed by atoms with van der Waals surface area (Å²) in [5.74, 6) is 0.897. The zero-order valence-electron chi connectivity index (χ0n) is 14.8. The van der Waals surface area contributed by atoms with Gasteiger partial charge in [-0.3, -0.25) is 14.9 Å². The van der Waals surface area contributed by atoms with E-state index in [2.05, 4.69) is 10.2 Å². The first-order valence-corrected chi connectivity index (χ1v) is 10.1. The van der Waals surface area contributed by atoms with Crippen LogP contribution in [0.15, 0.2) is 24.3 Å². The molecule has 1 aromatic carbocycles. The first-order chi connectivity index (χ1) is 12.5. The fraction of sp³-hybridized carbons (Fsp3) is 0.529. The number of hydrogen-bond donors (Lipinski definition) is 1. The van der Waals surface area contributed by atoms with E-state index in [0.29, 0.717) is 18.8 Å². The van der Waals surface area contributed by atoms with Gasteiger partial charge in [0.2, 0.25) is 5.91 Å². The van der Waals surface area contributed by atoms with E-state index in [0.717, 1.165) is 42.4 Å². The van der Waals surface area contributed by atoms with E-state index >= 15 is 0 Å². The average molecular weight is 431 g/mol. The average Bonchev–Trinajstić information content (AvgIpc) is 3.20. The van der Waals surface area contributed by atoms with Crippen molar-refractivity contribution in [1.82, 2.24) is 15.1 Å². The van der Waals surface area contributed by atoms with E-state index < -0.39 is 4.92 Å². The highest BCUT2D eigenvalue weighted by molar-refractivity contribution is 8.22. The van der Waals surface area contributed by atoms with Crippen LogP contribution in [0.5, 0.6) is 0 Å². The van der Waals surface area contributed by atoms with E-state index in [1.807, 2.05) is 4.90 Å². The number of amides is 1. The molecule has 0 aliphatic carbocycles. The van der Waals surface area contributed by atoms with Crippen molar-refractivity contribution >= 4 is 52.3 Å². The van der Waals surface area contributed by atoms with Crippen LogP contribution in [0.3, 0.4) is 0 Å². The lowest BCUT2D eigenvalue weighted by atomic mass is 10.2. The van der Waals surface area contributed by atoms with Gasteiger partial charge in [-0.15, -0.1) is 12.4 Å². The van der Waals surface area contributed by atoms with Gasteiger partial charge in [0, 0.05) is 44.1 Å². The van der Waals surface area contributed by atoms with Gasteiger partial charge in [0.25, 0.3) is 5.69 Å². The molecular weight excluding hydrogens is 408 g/mol. The maximum absolute atomic E-state index is 12.4. The van der Waals surface area contributed by atoms with Gasteiger partial charge in [-0.2, -0.15) is 0 Å². The molecule has 0 spiro atoms. The van der Waals surface area contributed by atoms with Crippen LogP contribution in [0, 0.1) is 10.1 Å². The van der Waals surface area contributed by atoms with Crippen molar-refractivity contribution < 1.29 is 9.72 Å². The maximum Gasteiger partial charge on any atom is 0.269 e. The molecule has 148 valence electrons. The Bertz CT molecular complexity index is 675. The number of thioether (sulfide) groups is 1. The summed E-state index contributed by atoms with van der Waals surface area (Å²) < 4.78 is 0.814. The largest absolute Gasteiger partial charge is 0.354 e. The molecule has 27 heavy (non-hydrogen) atoms. The highest BCUT2D eigenvalue weighted by atomic mass is 35.5. The number of carbonyl (C=O) groups excluding carboxylic acids is 1. The van der Waals surface area contributed by atoms with Crippen LogP contribution < -0.4 is 5.32 Å². The van der Waals surface area contributed by atoms with E-state index in [1.54, 1.807) is 23.9 Å². The predicted molar refractivity (Wildman–Crippen MR) is 113 cm³/mol. The third-order valence-electron chi connectivity index (χ3n) is 4.72. The Morgan fingerprint density at radius 3 is 2.41 bits per heavy atom. The summed E-state index contributed by atoms with van der Waals surface area (Å²) in [6.07, 6.45) is 2.00. The van der Waals surface area contributed by atoms with Crippen molar-refractivity contribution in [2.24, 2.45) is 0 Å². The number of nitrogens with one attached hydrogen (secondary N) is 1. The van der Waals surface area contributed by atoms with Crippen LogP contribution in [0.2, 0.25) is 0 Å². The minimum absolute atomic E-state index is 0. The fourth-order valence-electron chi connectivity index (χ4n) is 3.18. The normalized spacial score (nSPS) is 19.5. The van der Waals surface area contributed by atoms with Crippen molar-refractivity contribution in [3.8, 4) is 0 Å². The Hall–Kier alpha value is -1.42. The van der Waals surface area contributed by atoms with Crippen LogP contribution >= 0.6 is 36.4 Å².